The molecule has 9 heteroatoms. The molecule has 4 aromatic rings. The average Bonchev–Trinajstić information content (AvgIpc) is 3.36. The summed E-state index contributed by atoms with van der Waals surface area (Å²) in [5, 5.41) is 9.51. The van der Waals surface area contributed by atoms with Crippen molar-refractivity contribution in [1.29, 1.82) is 0 Å². The number of benzene rings is 2. The second-order valence-corrected chi connectivity index (χ2v) is 8.23. The predicted molar refractivity (Wildman–Crippen MR) is 134 cm³/mol. The molecule has 0 aliphatic heterocycles. The molecular weight excluding hydrogens is 496 g/mol. The molecule has 0 saturated heterocycles. The van der Waals surface area contributed by atoms with Crippen molar-refractivity contribution in [3.05, 3.63) is 71.2 Å². The van der Waals surface area contributed by atoms with Crippen LogP contribution in [0.4, 0.5) is 16.0 Å². The minimum absolute atomic E-state index is 0. The van der Waals surface area contributed by atoms with Gasteiger partial charge in [0.25, 0.3) is 5.91 Å². The highest BCUT2D eigenvalue weighted by Gasteiger charge is 2.15. The first-order chi connectivity index (χ1) is 14.6. The zero-order chi connectivity index (χ0) is 20.9. The van der Waals surface area contributed by atoms with E-state index >= 15 is 0 Å². The van der Waals surface area contributed by atoms with Crippen LogP contribution in [-0.2, 0) is 0 Å². The number of nitrogens with one attached hydrogen (secondary N) is 2. The molecule has 2 heterocycles. The van der Waals surface area contributed by atoms with Crippen LogP contribution in [0.5, 0.6) is 5.75 Å². The number of amides is 1. The minimum atomic E-state index is -0.174. The van der Waals surface area contributed by atoms with Crippen molar-refractivity contribution in [2.75, 3.05) is 17.2 Å². The molecule has 2 aromatic carbocycles. The standard InChI is InChI=1S/C22H20N4O2S2.BrH/c1-3-28-17-11-9-16(10-12-17)24-21-25-18(13-29-21)19-14(2)23-22(30-19)26-20(27)15-7-5-4-6-8-15;/h4-13H,3H2,1-2H3,(H,24,25)(H,23,26,27);1H. The number of thiazole rings is 2. The van der Waals surface area contributed by atoms with Crippen molar-refractivity contribution in [2.45, 2.75) is 13.8 Å². The lowest BCUT2D eigenvalue weighted by atomic mass is 10.2. The molecule has 0 radical (unpaired) electrons. The van der Waals surface area contributed by atoms with Gasteiger partial charge >= 0.3 is 0 Å². The predicted octanol–water partition coefficient (Wildman–Crippen LogP) is 6.55. The number of halogens is 1. The second-order valence-electron chi connectivity index (χ2n) is 6.37. The Labute approximate surface area is 199 Å². The quantitative estimate of drug-likeness (QED) is 0.291. The molecule has 160 valence electrons. The van der Waals surface area contributed by atoms with Crippen LogP contribution in [0.2, 0.25) is 0 Å². The van der Waals surface area contributed by atoms with Crippen LogP contribution in [0.15, 0.2) is 60.0 Å². The number of nitrogens with zero attached hydrogens (tertiary/aromatic N) is 2. The SMILES string of the molecule is Br.CCOc1ccc(Nc2nc(-c3sc(NC(=O)c4ccccc4)nc3C)cs2)cc1. The van der Waals surface area contributed by atoms with Crippen LogP contribution in [0.3, 0.4) is 0 Å². The first-order valence-electron chi connectivity index (χ1n) is 9.42. The van der Waals surface area contributed by atoms with E-state index < -0.39 is 0 Å². The molecule has 0 aliphatic carbocycles. The van der Waals surface area contributed by atoms with Crippen LogP contribution in [0.1, 0.15) is 23.0 Å². The molecule has 6 nitrogen and oxygen atoms in total. The van der Waals surface area contributed by atoms with E-state index in [1.54, 1.807) is 12.1 Å². The lowest BCUT2D eigenvalue weighted by Crippen LogP contribution is -2.11. The summed E-state index contributed by atoms with van der Waals surface area (Å²) in [5.41, 5.74) is 3.21. The first-order valence-corrected chi connectivity index (χ1v) is 11.1. The topological polar surface area (TPSA) is 76.1 Å². The molecule has 1 amide bonds. The summed E-state index contributed by atoms with van der Waals surface area (Å²) in [6.45, 7) is 4.52. The highest BCUT2D eigenvalue weighted by atomic mass is 79.9. The van der Waals surface area contributed by atoms with Crippen molar-refractivity contribution in [3.63, 3.8) is 0 Å². The third-order valence-electron chi connectivity index (χ3n) is 4.21. The highest BCUT2D eigenvalue weighted by Crippen LogP contribution is 2.35. The van der Waals surface area contributed by atoms with Gasteiger partial charge in [0.2, 0.25) is 0 Å². The molecule has 2 aromatic heterocycles. The number of hydrogen-bond donors (Lipinski definition) is 2. The van der Waals surface area contributed by atoms with Crippen LogP contribution in [0.25, 0.3) is 10.6 Å². The third kappa shape index (κ3) is 5.69. The molecule has 0 aliphatic rings. The Hall–Kier alpha value is -2.75. The van der Waals surface area contributed by atoms with Gasteiger partial charge in [-0.2, -0.15) is 0 Å². The summed E-state index contributed by atoms with van der Waals surface area (Å²) in [6.07, 6.45) is 0. The molecule has 0 unspecified atom stereocenters. The number of hydrogen-bond acceptors (Lipinski definition) is 7. The Kier molecular flexibility index (Phi) is 7.78. The average molecular weight is 517 g/mol. The molecular formula is C22H21BrN4O2S2. The van der Waals surface area contributed by atoms with Gasteiger partial charge in [-0.1, -0.05) is 29.5 Å². The van der Waals surface area contributed by atoms with Crippen LogP contribution < -0.4 is 15.4 Å². The summed E-state index contributed by atoms with van der Waals surface area (Å²) in [5.74, 6) is 0.667. The van der Waals surface area contributed by atoms with Gasteiger partial charge in [-0.15, -0.1) is 28.3 Å². The van der Waals surface area contributed by atoms with E-state index in [1.807, 2.05) is 61.7 Å². The maximum Gasteiger partial charge on any atom is 0.257 e. The van der Waals surface area contributed by atoms with E-state index in [0.717, 1.165) is 32.8 Å². The summed E-state index contributed by atoms with van der Waals surface area (Å²) in [4.78, 5) is 22.5. The molecule has 0 saturated carbocycles. The minimum Gasteiger partial charge on any atom is -0.494 e. The Bertz CT molecular complexity index is 1140. The largest absolute Gasteiger partial charge is 0.494 e. The van der Waals surface area contributed by atoms with Crippen molar-refractivity contribution in [1.82, 2.24) is 9.97 Å². The Morgan fingerprint density at radius 2 is 1.77 bits per heavy atom. The summed E-state index contributed by atoms with van der Waals surface area (Å²) in [6, 6.07) is 16.9. The van der Waals surface area contributed by atoms with E-state index in [4.69, 9.17) is 4.74 Å². The Balaban J connectivity index is 0.00000272. The van der Waals surface area contributed by atoms with Gasteiger partial charge in [-0.25, -0.2) is 9.97 Å². The zero-order valence-corrected chi connectivity index (χ0v) is 20.3. The van der Waals surface area contributed by atoms with Gasteiger partial charge in [0.05, 0.1) is 22.9 Å². The van der Waals surface area contributed by atoms with E-state index in [9.17, 15) is 4.79 Å². The number of carbonyl (C=O) groups excluding carboxylic acids is 1. The van der Waals surface area contributed by atoms with Crippen molar-refractivity contribution >= 4 is 61.5 Å². The van der Waals surface area contributed by atoms with Crippen LogP contribution >= 0.6 is 39.7 Å². The second kappa shape index (κ2) is 10.5. The molecule has 0 fully saturated rings. The Morgan fingerprint density at radius 3 is 2.48 bits per heavy atom. The smallest absolute Gasteiger partial charge is 0.257 e. The van der Waals surface area contributed by atoms with Gasteiger partial charge in [-0.3, -0.25) is 10.1 Å². The molecule has 4 rings (SSSR count). The van der Waals surface area contributed by atoms with Crippen molar-refractivity contribution in [3.8, 4) is 16.3 Å². The molecule has 0 bridgehead atoms. The van der Waals surface area contributed by atoms with E-state index in [0.29, 0.717) is 17.3 Å². The van der Waals surface area contributed by atoms with Crippen LogP contribution in [0, 0.1) is 6.92 Å². The molecule has 31 heavy (non-hydrogen) atoms. The van der Waals surface area contributed by atoms with E-state index in [-0.39, 0.29) is 22.9 Å². The number of carbonyl (C=O) groups is 1. The lowest BCUT2D eigenvalue weighted by Gasteiger charge is -2.05. The van der Waals surface area contributed by atoms with Gasteiger partial charge in [0.1, 0.15) is 5.75 Å². The normalized spacial score (nSPS) is 10.3. The fraction of sp³-hybridized carbons (Fsp3) is 0.136. The van der Waals surface area contributed by atoms with Crippen LogP contribution in [-0.4, -0.2) is 22.5 Å². The summed E-state index contributed by atoms with van der Waals surface area (Å²) < 4.78 is 5.47. The van der Waals surface area contributed by atoms with E-state index in [2.05, 4.69) is 20.6 Å². The summed E-state index contributed by atoms with van der Waals surface area (Å²) in [7, 11) is 0. The number of rotatable bonds is 7. The first kappa shape index (κ1) is 22.9. The number of anilines is 3. The fourth-order valence-corrected chi connectivity index (χ4v) is 4.52. The fourth-order valence-electron chi connectivity index (χ4n) is 2.81. The third-order valence-corrected chi connectivity index (χ3v) is 6.06. The van der Waals surface area contributed by atoms with E-state index in [1.165, 1.54) is 22.7 Å². The zero-order valence-electron chi connectivity index (χ0n) is 16.9. The molecule has 2 N–H and O–H groups in total. The monoisotopic (exact) mass is 516 g/mol. The van der Waals surface area contributed by atoms with Gasteiger partial charge in [0, 0.05) is 16.6 Å². The van der Waals surface area contributed by atoms with Crippen molar-refractivity contribution in [2.24, 2.45) is 0 Å². The number of aromatic nitrogens is 2. The van der Waals surface area contributed by atoms with Gasteiger partial charge in [0.15, 0.2) is 10.3 Å². The molecule has 0 spiro atoms. The maximum absolute atomic E-state index is 12.4. The van der Waals surface area contributed by atoms with Crippen molar-refractivity contribution < 1.29 is 9.53 Å². The maximum atomic E-state index is 12.4. The Morgan fingerprint density at radius 1 is 1.03 bits per heavy atom. The number of ether oxygens (including phenoxy) is 1. The van der Waals surface area contributed by atoms with Gasteiger partial charge < -0.3 is 10.1 Å². The summed E-state index contributed by atoms with van der Waals surface area (Å²) >= 11 is 2.94. The van der Waals surface area contributed by atoms with Gasteiger partial charge in [-0.05, 0) is 50.2 Å². The molecule has 0 atom stereocenters. The highest BCUT2D eigenvalue weighted by molar-refractivity contribution is 8.93. The number of aryl methyl sites for hydroxylation is 1. The lowest BCUT2D eigenvalue weighted by molar-refractivity contribution is 0.102.